The molecule has 4 rings (SSSR count). The van der Waals surface area contributed by atoms with Gasteiger partial charge < -0.3 is 14.8 Å². The number of hydrogen-bond donors (Lipinski definition) is 2. The maximum atomic E-state index is 13.6. The standard InChI is InChI=1S/C24H20FNO3/c25-19-10-4-8-17(13-19)15-26-21-11-5-9-18(12-16-6-2-1-3-7-16)23(21)20(24(26)29)14-22(27)28/h1-11,13,29H,12,14-15H2,(H,27,28). The van der Waals surface area contributed by atoms with Crippen LogP contribution in [-0.4, -0.2) is 20.7 Å². The largest absolute Gasteiger partial charge is 0.494 e. The molecule has 0 saturated heterocycles. The summed E-state index contributed by atoms with van der Waals surface area (Å²) in [4.78, 5) is 11.5. The van der Waals surface area contributed by atoms with E-state index in [1.54, 1.807) is 16.7 Å². The Hall–Kier alpha value is -3.60. The molecular formula is C24H20FNO3. The van der Waals surface area contributed by atoms with Crippen LogP contribution < -0.4 is 0 Å². The number of aliphatic carboxylic acids is 1. The Bertz CT molecular complexity index is 1180. The third-order valence-corrected chi connectivity index (χ3v) is 5.04. The number of nitrogens with zero attached hydrogens (tertiary/aromatic N) is 1. The first-order valence-electron chi connectivity index (χ1n) is 9.35. The van der Waals surface area contributed by atoms with E-state index in [4.69, 9.17) is 0 Å². The number of aromatic nitrogens is 1. The summed E-state index contributed by atoms with van der Waals surface area (Å²) in [6.45, 7) is 0.245. The summed E-state index contributed by atoms with van der Waals surface area (Å²) >= 11 is 0. The van der Waals surface area contributed by atoms with Crippen LogP contribution >= 0.6 is 0 Å². The first kappa shape index (κ1) is 18.7. The minimum Gasteiger partial charge on any atom is -0.494 e. The van der Waals surface area contributed by atoms with Gasteiger partial charge in [0.15, 0.2) is 5.88 Å². The lowest BCUT2D eigenvalue weighted by Crippen LogP contribution is -2.02. The topological polar surface area (TPSA) is 62.5 Å². The predicted octanol–water partition coefficient (Wildman–Crippen LogP) is 4.75. The van der Waals surface area contributed by atoms with Gasteiger partial charge in [-0.25, -0.2) is 4.39 Å². The van der Waals surface area contributed by atoms with E-state index in [-0.39, 0.29) is 24.7 Å². The van der Waals surface area contributed by atoms with Crippen LogP contribution in [0.2, 0.25) is 0 Å². The Balaban J connectivity index is 1.87. The Morgan fingerprint density at radius 2 is 1.66 bits per heavy atom. The second-order valence-electron chi connectivity index (χ2n) is 7.06. The van der Waals surface area contributed by atoms with Gasteiger partial charge in [-0.1, -0.05) is 54.6 Å². The van der Waals surface area contributed by atoms with Crippen molar-refractivity contribution in [3.63, 3.8) is 0 Å². The van der Waals surface area contributed by atoms with E-state index in [1.807, 2.05) is 48.5 Å². The molecule has 1 aromatic heterocycles. The second-order valence-corrected chi connectivity index (χ2v) is 7.06. The van der Waals surface area contributed by atoms with E-state index in [1.165, 1.54) is 12.1 Å². The number of carboxylic acid groups (broad SMARTS) is 1. The molecule has 4 nitrogen and oxygen atoms in total. The number of carbonyl (C=O) groups is 1. The van der Waals surface area contributed by atoms with Crippen molar-refractivity contribution in [1.29, 1.82) is 0 Å². The fourth-order valence-electron chi connectivity index (χ4n) is 3.81. The van der Waals surface area contributed by atoms with E-state index in [2.05, 4.69) is 0 Å². The van der Waals surface area contributed by atoms with Gasteiger partial charge in [0.05, 0.1) is 18.5 Å². The fraction of sp³-hybridized carbons (Fsp3) is 0.125. The molecule has 0 unspecified atom stereocenters. The van der Waals surface area contributed by atoms with Crippen LogP contribution in [0.4, 0.5) is 4.39 Å². The first-order chi connectivity index (χ1) is 14.0. The number of hydrogen-bond acceptors (Lipinski definition) is 2. The van der Waals surface area contributed by atoms with Gasteiger partial charge in [0.2, 0.25) is 0 Å². The van der Waals surface area contributed by atoms with Crippen LogP contribution in [0.1, 0.15) is 22.3 Å². The van der Waals surface area contributed by atoms with E-state index in [0.29, 0.717) is 17.5 Å². The summed E-state index contributed by atoms with van der Waals surface area (Å²) in [5.41, 5.74) is 3.84. The molecule has 146 valence electrons. The van der Waals surface area contributed by atoms with Crippen LogP contribution in [-0.2, 0) is 24.2 Å². The van der Waals surface area contributed by atoms with Crippen LogP contribution in [0.25, 0.3) is 10.9 Å². The van der Waals surface area contributed by atoms with Crippen molar-refractivity contribution in [2.45, 2.75) is 19.4 Å². The summed E-state index contributed by atoms with van der Waals surface area (Å²) in [5.74, 6) is -1.46. The molecule has 0 amide bonds. The molecule has 0 bridgehead atoms. The molecule has 0 atom stereocenters. The van der Waals surface area contributed by atoms with Gasteiger partial charge in [0, 0.05) is 10.9 Å². The average molecular weight is 389 g/mol. The van der Waals surface area contributed by atoms with E-state index >= 15 is 0 Å². The first-order valence-corrected chi connectivity index (χ1v) is 9.35. The lowest BCUT2D eigenvalue weighted by molar-refractivity contribution is -0.136. The Morgan fingerprint density at radius 1 is 0.931 bits per heavy atom. The molecular weight excluding hydrogens is 369 g/mol. The molecule has 0 aliphatic heterocycles. The number of fused-ring (bicyclic) bond motifs is 1. The molecule has 1 heterocycles. The van der Waals surface area contributed by atoms with Gasteiger partial charge in [-0.05, 0) is 41.3 Å². The van der Waals surface area contributed by atoms with Gasteiger partial charge in [-0.15, -0.1) is 0 Å². The lowest BCUT2D eigenvalue weighted by Gasteiger charge is -2.09. The highest BCUT2D eigenvalue weighted by Crippen LogP contribution is 2.35. The van der Waals surface area contributed by atoms with Gasteiger partial charge in [-0.3, -0.25) is 4.79 Å². The number of halogens is 1. The molecule has 5 heteroatoms. The van der Waals surface area contributed by atoms with Gasteiger partial charge >= 0.3 is 5.97 Å². The molecule has 0 fully saturated rings. The molecule has 0 radical (unpaired) electrons. The third kappa shape index (κ3) is 3.85. The summed E-state index contributed by atoms with van der Waals surface area (Å²) in [6, 6.07) is 21.8. The molecule has 29 heavy (non-hydrogen) atoms. The Kier molecular flexibility index (Phi) is 5.04. The highest BCUT2D eigenvalue weighted by molar-refractivity contribution is 5.93. The predicted molar refractivity (Wildman–Crippen MR) is 110 cm³/mol. The molecule has 2 N–H and O–H groups in total. The van der Waals surface area contributed by atoms with E-state index in [9.17, 15) is 19.4 Å². The smallest absolute Gasteiger partial charge is 0.308 e. The molecule has 0 aliphatic rings. The summed E-state index contributed by atoms with van der Waals surface area (Å²) < 4.78 is 15.3. The van der Waals surface area contributed by atoms with Crippen molar-refractivity contribution >= 4 is 16.9 Å². The zero-order valence-electron chi connectivity index (χ0n) is 15.7. The maximum absolute atomic E-state index is 13.6. The lowest BCUT2D eigenvalue weighted by atomic mass is 9.98. The van der Waals surface area contributed by atoms with Crippen LogP contribution in [0, 0.1) is 5.82 Å². The van der Waals surface area contributed by atoms with Gasteiger partial charge in [0.25, 0.3) is 0 Å². The van der Waals surface area contributed by atoms with Crippen LogP contribution in [0.3, 0.4) is 0 Å². The molecule has 4 aromatic rings. The van der Waals surface area contributed by atoms with Crippen molar-refractivity contribution < 1.29 is 19.4 Å². The van der Waals surface area contributed by atoms with Crippen LogP contribution in [0.5, 0.6) is 5.88 Å². The van der Waals surface area contributed by atoms with E-state index in [0.717, 1.165) is 22.0 Å². The fourth-order valence-corrected chi connectivity index (χ4v) is 3.81. The number of rotatable bonds is 6. The highest BCUT2D eigenvalue weighted by Gasteiger charge is 2.21. The summed E-state index contributed by atoms with van der Waals surface area (Å²) in [5, 5.41) is 21.0. The van der Waals surface area contributed by atoms with Crippen molar-refractivity contribution in [3.05, 3.63) is 101 Å². The molecule has 0 spiro atoms. The van der Waals surface area contributed by atoms with Crippen molar-refractivity contribution in [2.75, 3.05) is 0 Å². The Labute approximate surface area is 167 Å². The normalized spacial score (nSPS) is 11.1. The molecule has 3 aromatic carbocycles. The number of aromatic hydroxyl groups is 1. The van der Waals surface area contributed by atoms with Gasteiger partial charge in [-0.2, -0.15) is 0 Å². The minimum absolute atomic E-state index is 0.0906. The summed E-state index contributed by atoms with van der Waals surface area (Å²) in [7, 11) is 0. The van der Waals surface area contributed by atoms with Crippen molar-refractivity contribution in [3.8, 4) is 5.88 Å². The minimum atomic E-state index is -1.01. The number of benzene rings is 3. The van der Waals surface area contributed by atoms with Crippen molar-refractivity contribution in [2.24, 2.45) is 0 Å². The quantitative estimate of drug-likeness (QED) is 0.500. The molecule has 0 saturated carbocycles. The SMILES string of the molecule is O=C(O)Cc1c(O)n(Cc2cccc(F)c2)c2cccc(Cc3ccccc3)c12. The second kappa shape index (κ2) is 7.80. The Morgan fingerprint density at radius 3 is 2.38 bits per heavy atom. The van der Waals surface area contributed by atoms with Crippen LogP contribution in [0.15, 0.2) is 72.8 Å². The average Bonchev–Trinajstić information content (AvgIpc) is 2.95. The van der Waals surface area contributed by atoms with E-state index < -0.39 is 5.97 Å². The number of carboxylic acids is 1. The zero-order valence-corrected chi connectivity index (χ0v) is 15.7. The zero-order chi connectivity index (χ0) is 20.4. The molecule has 0 aliphatic carbocycles. The monoisotopic (exact) mass is 389 g/mol. The third-order valence-electron chi connectivity index (χ3n) is 5.04. The van der Waals surface area contributed by atoms with Gasteiger partial charge in [0.1, 0.15) is 5.82 Å². The maximum Gasteiger partial charge on any atom is 0.308 e. The van der Waals surface area contributed by atoms with Crippen molar-refractivity contribution in [1.82, 2.24) is 4.57 Å². The highest BCUT2D eigenvalue weighted by atomic mass is 19.1. The summed E-state index contributed by atoms with van der Waals surface area (Å²) in [6.07, 6.45) is 0.332.